The monoisotopic (exact) mass is 292 g/mol. The van der Waals surface area contributed by atoms with Gasteiger partial charge in [0.25, 0.3) is 0 Å². The van der Waals surface area contributed by atoms with Crippen LogP contribution in [0.1, 0.15) is 16.7 Å². The van der Waals surface area contributed by atoms with E-state index >= 15 is 0 Å². The van der Waals surface area contributed by atoms with Gasteiger partial charge in [-0.15, -0.1) is 6.58 Å². The summed E-state index contributed by atoms with van der Waals surface area (Å²) in [5.74, 6) is 0.863. The predicted octanol–water partition coefficient (Wildman–Crippen LogP) is 3.76. The van der Waals surface area contributed by atoms with Crippen molar-refractivity contribution in [3.05, 3.63) is 77.9 Å². The lowest BCUT2D eigenvalue weighted by molar-refractivity contribution is 0.285. The van der Waals surface area contributed by atoms with E-state index in [1.165, 1.54) is 5.56 Å². The SMILES string of the molecule is C=CCN(Cc1cccc(C#N)c1)Cc1cccc(OC)c1. The third-order valence-electron chi connectivity index (χ3n) is 3.39. The maximum atomic E-state index is 9.00. The molecule has 0 aliphatic heterocycles. The Bertz CT molecular complexity index is 673. The Labute approximate surface area is 132 Å². The Morgan fingerprint density at radius 2 is 1.82 bits per heavy atom. The highest BCUT2D eigenvalue weighted by atomic mass is 16.5. The molecule has 0 aliphatic rings. The van der Waals surface area contributed by atoms with Crippen LogP contribution in [0, 0.1) is 11.3 Å². The smallest absolute Gasteiger partial charge is 0.119 e. The van der Waals surface area contributed by atoms with Gasteiger partial charge in [0.1, 0.15) is 5.75 Å². The number of hydrogen-bond acceptors (Lipinski definition) is 3. The van der Waals surface area contributed by atoms with Crippen molar-refractivity contribution in [3.63, 3.8) is 0 Å². The van der Waals surface area contributed by atoms with Gasteiger partial charge < -0.3 is 4.74 Å². The molecule has 0 saturated heterocycles. The summed E-state index contributed by atoms with van der Waals surface area (Å²) in [6, 6.07) is 18.0. The standard InChI is InChI=1S/C19H20N2O/c1-3-10-21(14-17-7-4-6-16(11-17)13-20)15-18-8-5-9-19(12-18)22-2/h3-9,11-12H,1,10,14-15H2,2H3. The molecule has 3 nitrogen and oxygen atoms in total. The minimum Gasteiger partial charge on any atom is -0.497 e. The highest BCUT2D eigenvalue weighted by molar-refractivity contribution is 5.33. The third kappa shape index (κ3) is 4.47. The molecular weight excluding hydrogens is 272 g/mol. The van der Waals surface area contributed by atoms with Crippen molar-refractivity contribution in [3.8, 4) is 11.8 Å². The first-order valence-corrected chi connectivity index (χ1v) is 7.20. The maximum Gasteiger partial charge on any atom is 0.119 e. The third-order valence-corrected chi connectivity index (χ3v) is 3.39. The largest absolute Gasteiger partial charge is 0.497 e. The molecular formula is C19H20N2O. The summed E-state index contributed by atoms with van der Waals surface area (Å²) < 4.78 is 5.27. The first-order valence-electron chi connectivity index (χ1n) is 7.20. The summed E-state index contributed by atoms with van der Waals surface area (Å²) in [6.07, 6.45) is 1.90. The van der Waals surface area contributed by atoms with Crippen LogP contribution in [0.3, 0.4) is 0 Å². The van der Waals surface area contributed by atoms with E-state index in [2.05, 4.69) is 23.6 Å². The minimum absolute atomic E-state index is 0.692. The molecule has 0 bridgehead atoms. The predicted molar refractivity (Wildman–Crippen MR) is 88.5 cm³/mol. The Kier molecular flexibility index (Phi) is 5.76. The zero-order valence-electron chi connectivity index (χ0n) is 12.8. The molecule has 0 amide bonds. The van der Waals surface area contributed by atoms with E-state index in [9.17, 15) is 0 Å². The summed E-state index contributed by atoms with van der Waals surface area (Å²) in [7, 11) is 1.67. The Morgan fingerprint density at radius 1 is 1.14 bits per heavy atom. The van der Waals surface area contributed by atoms with E-state index in [-0.39, 0.29) is 0 Å². The summed E-state index contributed by atoms with van der Waals surface area (Å²) in [4.78, 5) is 2.28. The molecule has 0 radical (unpaired) electrons. The van der Waals surface area contributed by atoms with Crippen LogP contribution in [0.15, 0.2) is 61.2 Å². The van der Waals surface area contributed by atoms with Crippen LogP contribution in [0.5, 0.6) is 5.75 Å². The molecule has 0 heterocycles. The summed E-state index contributed by atoms with van der Waals surface area (Å²) in [5.41, 5.74) is 3.01. The van der Waals surface area contributed by atoms with Crippen LogP contribution in [0.4, 0.5) is 0 Å². The second-order valence-electron chi connectivity index (χ2n) is 5.12. The van der Waals surface area contributed by atoms with E-state index in [0.717, 1.165) is 30.9 Å². The molecule has 2 aromatic rings. The average molecular weight is 292 g/mol. The van der Waals surface area contributed by atoms with E-state index in [1.54, 1.807) is 7.11 Å². The molecule has 112 valence electrons. The normalized spacial score (nSPS) is 10.2. The lowest BCUT2D eigenvalue weighted by Gasteiger charge is -2.21. The molecule has 0 aliphatic carbocycles. The van der Waals surface area contributed by atoms with Gasteiger partial charge in [-0.3, -0.25) is 4.90 Å². The van der Waals surface area contributed by atoms with Crippen LogP contribution in [0.2, 0.25) is 0 Å². The molecule has 0 N–H and O–H groups in total. The van der Waals surface area contributed by atoms with Crippen LogP contribution in [-0.2, 0) is 13.1 Å². The first-order chi connectivity index (χ1) is 10.7. The lowest BCUT2D eigenvalue weighted by Crippen LogP contribution is -2.22. The van der Waals surface area contributed by atoms with Crippen molar-refractivity contribution in [1.29, 1.82) is 5.26 Å². The van der Waals surface area contributed by atoms with Crippen LogP contribution >= 0.6 is 0 Å². The first kappa shape index (κ1) is 15.8. The Morgan fingerprint density at radius 3 is 2.45 bits per heavy atom. The fourth-order valence-corrected chi connectivity index (χ4v) is 2.39. The topological polar surface area (TPSA) is 36.3 Å². The summed E-state index contributed by atoms with van der Waals surface area (Å²) in [5, 5.41) is 9.00. The number of nitriles is 1. The molecule has 22 heavy (non-hydrogen) atoms. The van der Waals surface area contributed by atoms with Crippen molar-refractivity contribution in [2.75, 3.05) is 13.7 Å². The second-order valence-corrected chi connectivity index (χ2v) is 5.12. The zero-order chi connectivity index (χ0) is 15.8. The van der Waals surface area contributed by atoms with E-state index in [4.69, 9.17) is 10.00 Å². The van der Waals surface area contributed by atoms with Gasteiger partial charge in [-0.1, -0.05) is 30.3 Å². The van der Waals surface area contributed by atoms with Gasteiger partial charge in [0, 0.05) is 19.6 Å². The van der Waals surface area contributed by atoms with Gasteiger partial charge in [-0.05, 0) is 35.4 Å². The van der Waals surface area contributed by atoms with E-state index in [0.29, 0.717) is 5.56 Å². The lowest BCUT2D eigenvalue weighted by atomic mass is 10.1. The molecule has 0 fully saturated rings. The van der Waals surface area contributed by atoms with Crippen molar-refractivity contribution < 1.29 is 4.74 Å². The second kappa shape index (κ2) is 8.02. The molecule has 2 aromatic carbocycles. The molecule has 0 saturated carbocycles. The van der Waals surface area contributed by atoms with Crippen molar-refractivity contribution in [2.45, 2.75) is 13.1 Å². The highest BCUT2D eigenvalue weighted by Crippen LogP contribution is 2.16. The number of benzene rings is 2. The number of hydrogen-bond donors (Lipinski definition) is 0. The van der Waals surface area contributed by atoms with Gasteiger partial charge >= 0.3 is 0 Å². The number of rotatable bonds is 7. The molecule has 0 spiro atoms. The quantitative estimate of drug-likeness (QED) is 0.729. The fourth-order valence-electron chi connectivity index (χ4n) is 2.39. The zero-order valence-corrected chi connectivity index (χ0v) is 12.8. The van der Waals surface area contributed by atoms with Crippen LogP contribution in [0.25, 0.3) is 0 Å². The van der Waals surface area contributed by atoms with Gasteiger partial charge in [-0.2, -0.15) is 5.26 Å². The Balaban J connectivity index is 2.12. The average Bonchev–Trinajstić information content (AvgIpc) is 2.55. The van der Waals surface area contributed by atoms with Crippen molar-refractivity contribution >= 4 is 0 Å². The number of nitrogens with zero attached hydrogens (tertiary/aromatic N) is 2. The molecule has 0 unspecified atom stereocenters. The fraction of sp³-hybridized carbons (Fsp3) is 0.211. The van der Waals surface area contributed by atoms with E-state index < -0.39 is 0 Å². The Hall–Kier alpha value is -2.57. The summed E-state index contributed by atoms with van der Waals surface area (Å²) >= 11 is 0. The van der Waals surface area contributed by atoms with Gasteiger partial charge in [0.05, 0.1) is 18.7 Å². The van der Waals surface area contributed by atoms with Gasteiger partial charge in [-0.25, -0.2) is 0 Å². The number of ether oxygens (including phenoxy) is 1. The van der Waals surface area contributed by atoms with Crippen LogP contribution < -0.4 is 4.74 Å². The maximum absolute atomic E-state index is 9.00. The molecule has 0 aromatic heterocycles. The van der Waals surface area contributed by atoms with Gasteiger partial charge in [0.2, 0.25) is 0 Å². The minimum atomic E-state index is 0.692. The highest BCUT2D eigenvalue weighted by Gasteiger charge is 2.07. The number of methoxy groups -OCH3 is 1. The molecule has 3 heteroatoms. The van der Waals surface area contributed by atoms with Gasteiger partial charge in [0.15, 0.2) is 0 Å². The summed E-state index contributed by atoms with van der Waals surface area (Å²) in [6.45, 7) is 6.20. The molecule has 0 atom stereocenters. The molecule has 2 rings (SSSR count). The van der Waals surface area contributed by atoms with Crippen molar-refractivity contribution in [1.82, 2.24) is 4.90 Å². The van der Waals surface area contributed by atoms with Crippen LogP contribution in [-0.4, -0.2) is 18.6 Å². The van der Waals surface area contributed by atoms with E-state index in [1.807, 2.05) is 48.5 Å². The van der Waals surface area contributed by atoms with Crippen molar-refractivity contribution in [2.24, 2.45) is 0 Å².